The fraction of sp³-hybridized carbons (Fsp3) is 0.818. The van der Waals surface area contributed by atoms with Crippen molar-refractivity contribution >= 4 is 11.9 Å². The number of unbranched alkanes of at least 4 members (excludes halogenated alkanes) is 2. The number of ether oxygens (including phenoxy) is 2. The van der Waals surface area contributed by atoms with Crippen LogP contribution in [0.2, 0.25) is 0 Å². The fourth-order valence-electron chi connectivity index (χ4n) is 4.48. The fourth-order valence-corrected chi connectivity index (χ4v) is 4.48. The normalized spacial score (nSPS) is 27.8. The average molecular weight is 365 g/mol. The van der Waals surface area contributed by atoms with Gasteiger partial charge in [0.2, 0.25) is 0 Å². The average Bonchev–Trinajstić information content (AvgIpc) is 2.66. The van der Waals surface area contributed by atoms with Crippen LogP contribution in [-0.4, -0.2) is 25.2 Å². The SMILES string of the molecule is C=CC(=O)OCC(C)(C)COC(=O)C12CCC(CCCCC)(CC1)CC2. The van der Waals surface area contributed by atoms with Crippen LogP contribution in [0.1, 0.15) is 85.0 Å². The van der Waals surface area contributed by atoms with Gasteiger partial charge in [0, 0.05) is 11.5 Å². The lowest BCUT2D eigenvalue weighted by Crippen LogP contribution is -2.47. The number of hydrogen-bond donors (Lipinski definition) is 0. The maximum atomic E-state index is 12.8. The summed E-state index contributed by atoms with van der Waals surface area (Å²) in [5.41, 5.74) is -0.159. The third-order valence-corrected chi connectivity index (χ3v) is 6.51. The lowest BCUT2D eigenvalue weighted by Gasteiger charge is -2.52. The largest absolute Gasteiger partial charge is 0.465 e. The molecule has 3 saturated carbocycles. The zero-order valence-electron chi connectivity index (χ0n) is 16.9. The molecule has 3 fully saturated rings. The van der Waals surface area contributed by atoms with Crippen molar-refractivity contribution in [2.24, 2.45) is 16.2 Å². The van der Waals surface area contributed by atoms with E-state index in [0.29, 0.717) is 5.41 Å². The molecule has 0 aromatic rings. The summed E-state index contributed by atoms with van der Waals surface area (Å²) in [7, 11) is 0. The number of fused-ring (bicyclic) bond motifs is 3. The monoisotopic (exact) mass is 364 g/mol. The Labute approximate surface area is 158 Å². The first-order chi connectivity index (χ1) is 12.3. The van der Waals surface area contributed by atoms with Crippen LogP contribution in [0, 0.1) is 16.2 Å². The van der Waals surface area contributed by atoms with Crippen LogP contribution in [0.3, 0.4) is 0 Å². The molecule has 26 heavy (non-hydrogen) atoms. The van der Waals surface area contributed by atoms with Gasteiger partial charge in [-0.25, -0.2) is 4.79 Å². The van der Waals surface area contributed by atoms with Gasteiger partial charge in [-0.05, 0) is 50.4 Å². The summed E-state index contributed by atoms with van der Waals surface area (Å²) in [5.74, 6) is -0.482. The van der Waals surface area contributed by atoms with Gasteiger partial charge in [-0.15, -0.1) is 0 Å². The van der Waals surface area contributed by atoms with Gasteiger partial charge in [0.05, 0.1) is 18.6 Å². The minimum atomic E-state index is -0.443. The molecule has 4 nitrogen and oxygen atoms in total. The predicted octanol–water partition coefficient (Wildman–Crippen LogP) is 5.21. The lowest BCUT2D eigenvalue weighted by atomic mass is 9.52. The second kappa shape index (κ2) is 8.58. The van der Waals surface area contributed by atoms with E-state index in [1.165, 1.54) is 44.9 Å². The van der Waals surface area contributed by atoms with E-state index in [1.807, 2.05) is 13.8 Å². The zero-order valence-corrected chi connectivity index (χ0v) is 16.9. The molecular weight excluding hydrogens is 328 g/mol. The van der Waals surface area contributed by atoms with E-state index in [2.05, 4.69) is 13.5 Å². The Kier molecular flexibility index (Phi) is 6.92. The van der Waals surface area contributed by atoms with Crippen LogP contribution < -0.4 is 0 Å². The molecule has 0 aromatic heterocycles. The van der Waals surface area contributed by atoms with Crippen LogP contribution in [0.25, 0.3) is 0 Å². The maximum Gasteiger partial charge on any atom is 0.330 e. The van der Waals surface area contributed by atoms with E-state index in [1.54, 1.807) is 0 Å². The summed E-state index contributed by atoms with van der Waals surface area (Å²) in [5, 5.41) is 0. The molecule has 3 rings (SSSR count). The number of carbonyl (C=O) groups is 2. The van der Waals surface area contributed by atoms with Crippen molar-refractivity contribution in [3.63, 3.8) is 0 Å². The molecule has 0 atom stereocenters. The van der Waals surface area contributed by atoms with E-state index >= 15 is 0 Å². The number of carbonyl (C=O) groups excluding carboxylic acids is 2. The number of esters is 2. The Hall–Kier alpha value is -1.32. The smallest absolute Gasteiger partial charge is 0.330 e. The minimum absolute atomic E-state index is 0.0394. The first-order valence-corrected chi connectivity index (χ1v) is 10.2. The Balaban J connectivity index is 1.82. The Morgan fingerprint density at radius 2 is 1.58 bits per heavy atom. The summed E-state index contributed by atoms with van der Waals surface area (Å²) in [6, 6.07) is 0. The highest BCUT2D eigenvalue weighted by atomic mass is 16.5. The molecule has 2 bridgehead atoms. The molecule has 0 saturated heterocycles. The molecule has 0 N–H and O–H groups in total. The van der Waals surface area contributed by atoms with Crippen molar-refractivity contribution in [3.8, 4) is 0 Å². The third-order valence-electron chi connectivity index (χ3n) is 6.51. The van der Waals surface area contributed by atoms with Gasteiger partial charge >= 0.3 is 11.9 Å². The van der Waals surface area contributed by atoms with Crippen molar-refractivity contribution in [1.29, 1.82) is 0 Å². The van der Waals surface area contributed by atoms with Crippen molar-refractivity contribution in [3.05, 3.63) is 12.7 Å². The first kappa shape index (κ1) is 21.0. The van der Waals surface area contributed by atoms with Crippen molar-refractivity contribution in [2.45, 2.75) is 85.0 Å². The van der Waals surface area contributed by atoms with Gasteiger partial charge in [-0.1, -0.05) is 46.6 Å². The highest BCUT2D eigenvalue weighted by molar-refractivity contribution is 5.81. The van der Waals surface area contributed by atoms with E-state index in [-0.39, 0.29) is 24.6 Å². The van der Waals surface area contributed by atoms with Crippen LogP contribution >= 0.6 is 0 Å². The summed E-state index contributed by atoms with van der Waals surface area (Å²) in [4.78, 5) is 24.1. The number of hydrogen-bond acceptors (Lipinski definition) is 4. The molecule has 0 aromatic carbocycles. The van der Waals surface area contributed by atoms with Crippen LogP contribution in [0.15, 0.2) is 12.7 Å². The van der Waals surface area contributed by atoms with Crippen LogP contribution in [-0.2, 0) is 19.1 Å². The molecule has 4 heteroatoms. The lowest BCUT2D eigenvalue weighted by molar-refractivity contribution is -0.170. The maximum absolute atomic E-state index is 12.8. The van der Waals surface area contributed by atoms with Gasteiger partial charge in [0.1, 0.15) is 0 Å². The van der Waals surface area contributed by atoms with Gasteiger partial charge < -0.3 is 9.47 Å². The van der Waals surface area contributed by atoms with Gasteiger partial charge in [-0.3, -0.25) is 4.79 Å². The summed E-state index contributed by atoms with van der Waals surface area (Å²) in [6.07, 6.45) is 12.8. The molecular formula is C22H36O4. The molecule has 0 heterocycles. The Morgan fingerprint density at radius 1 is 1.00 bits per heavy atom. The second-order valence-electron chi connectivity index (χ2n) is 9.29. The molecule has 3 aliphatic rings. The molecule has 0 amide bonds. The zero-order chi connectivity index (χ0) is 19.3. The molecule has 148 valence electrons. The summed E-state index contributed by atoms with van der Waals surface area (Å²) in [6.45, 7) is 10.0. The van der Waals surface area contributed by atoms with E-state index < -0.39 is 11.4 Å². The van der Waals surface area contributed by atoms with Crippen LogP contribution in [0.5, 0.6) is 0 Å². The Morgan fingerprint density at radius 3 is 2.12 bits per heavy atom. The van der Waals surface area contributed by atoms with Gasteiger partial charge in [0.15, 0.2) is 0 Å². The molecule has 0 radical (unpaired) electrons. The predicted molar refractivity (Wildman–Crippen MR) is 103 cm³/mol. The highest BCUT2D eigenvalue weighted by Gasteiger charge is 2.52. The van der Waals surface area contributed by atoms with E-state index in [0.717, 1.165) is 25.3 Å². The van der Waals surface area contributed by atoms with E-state index in [4.69, 9.17) is 9.47 Å². The second-order valence-corrected chi connectivity index (χ2v) is 9.29. The number of rotatable bonds is 10. The molecule has 0 unspecified atom stereocenters. The van der Waals surface area contributed by atoms with Crippen molar-refractivity contribution < 1.29 is 19.1 Å². The topological polar surface area (TPSA) is 52.6 Å². The molecule has 0 aliphatic heterocycles. The standard InChI is InChI=1S/C22H36O4/c1-5-7-8-9-21-10-13-22(14-11-21,15-12-21)19(24)26-17-20(3,4)16-25-18(23)6-2/h6H,2,5,7-17H2,1,3-4H3. The van der Waals surface area contributed by atoms with E-state index in [9.17, 15) is 9.59 Å². The Bertz CT molecular complexity index is 496. The van der Waals surface area contributed by atoms with Crippen LogP contribution in [0.4, 0.5) is 0 Å². The quantitative estimate of drug-likeness (QED) is 0.303. The third kappa shape index (κ3) is 5.11. The molecule has 3 aliphatic carbocycles. The van der Waals surface area contributed by atoms with Crippen molar-refractivity contribution in [1.82, 2.24) is 0 Å². The van der Waals surface area contributed by atoms with Gasteiger partial charge in [-0.2, -0.15) is 0 Å². The van der Waals surface area contributed by atoms with Crippen molar-refractivity contribution in [2.75, 3.05) is 13.2 Å². The van der Waals surface area contributed by atoms with Gasteiger partial charge in [0.25, 0.3) is 0 Å². The first-order valence-electron chi connectivity index (χ1n) is 10.2. The summed E-state index contributed by atoms with van der Waals surface area (Å²) >= 11 is 0. The summed E-state index contributed by atoms with van der Waals surface area (Å²) < 4.78 is 10.8. The minimum Gasteiger partial charge on any atom is -0.465 e. The highest BCUT2D eigenvalue weighted by Crippen LogP contribution is 2.59. The molecule has 0 spiro atoms.